The van der Waals surface area contributed by atoms with Gasteiger partial charge in [0.2, 0.25) is 12.7 Å². The molecule has 0 aliphatic carbocycles. The van der Waals surface area contributed by atoms with Gasteiger partial charge < -0.3 is 24.6 Å². The molecule has 0 radical (unpaired) electrons. The standard InChI is InChI=1S/C18H25N3O4/c1-12(20(2)3)10-19-17(22)14-5-4-8-21(14)18(23)13-6-7-15-16(9-13)25-11-24-15/h6-7,9,12,14H,4-5,8,10-11H2,1-3H3,(H,19,22)/t12-,14-/m0/s1. The van der Waals surface area contributed by atoms with Crippen molar-refractivity contribution in [1.29, 1.82) is 0 Å². The maximum atomic E-state index is 12.8. The summed E-state index contributed by atoms with van der Waals surface area (Å²) < 4.78 is 10.6. The van der Waals surface area contributed by atoms with E-state index in [1.54, 1.807) is 23.1 Å². The van der Waals surface area contributed by atoms with Crippen LogP contribution in [-0.4, -0.2) is 67.7 Å². The van der Waals surface area contributed by atoms with Gasteiger partial charge in [0.25, 0.3) is 5.91 Å². The van der Waals surface area contributed by atoms with E-state index in [1.165, 1.54) is 0 Å². The molecular weight excluding hydrogens is 322 g/mol. The van der Waals surface area contributed by atoms with Gasteiger partial charge in [-0.15, -0.1) is 0 Å². The molecular formula is C18H25N3O4. The number of ether oxygens (including phenoxy) is 2. The van der Waals surface area contributed by atoms with Gasteiger partial charge in [0.05, 0.1) is 0 Å². The summed E-state index contributed by atoms with van der Waals surface area (Å²) in [5.74, 6) is 0.993. The Morgan fingerprint density at radius 2 is 2.08 bits per heavy atom. The Labute approximate surface area is 147 Å². The first-order valence-electron chi connectivity index (χ1n) is 8.62. The third-order valence-corrected chi connectivity index (χ3v) is 4.89. The molecule has 1 aromatic rings. The van der Waals surface area contributed by atoms with E-state index in [4.69, 9.17) is 9.47 Å². The molecule has 1 fully saturated rings. The molecule has 1 aromatic carbocycles. The summed E-state index contributed by atoms with van der Waals surface area (Å²) in [6.45, 7) is 3.37. The van der Waals surface area contributed by atoms with Gasteiger partial charge in [0, 0.05) is 24.7 Å². The average molecular weight is 347 g/mol. The molecule has 1 saturated heterocycles. The lowest BCUT2D eigenvalue weighted by molar-refractivity contribution is -0.125. The lowest BCUT2D eigenvalue weighted by Gasteiger charge is -2.26. The Morgan fingerprint density at radius 3 is 2.84 bits per heavy atom. The molecule has 2 aliphatic rings. The molecule has 0 unspecified atom stereocenters. The number of fused-ring (bicyclic) bond motifs is 1. The van der Waals surface area contributed by atoms with Gasteiger partial charge in [-0.05, 0) is 52.1 Å². The Morgan fingerprint density at radius 1 is 1.32 bits per heavy atom. The van der Waals surface area contributed by atoms with Crippen LogP contribution in [0.25, 0.3) is 0 Å². The van der Waals surface area contributed by atoms with E-state index in [2.05, 4.69) is 5.32 Å². The summed E-state index contributed by atoms with van der Waals surface area (Å²) in [7, 11) is 3.95. The summed E-state index contributed by atoms with van der Waals surface area (Å²) in [6.07, 6.45) is 1.52. The van der Waals surface area contributed by atoms with Crippen LogP contribution in [0.5, 0.6) is 11.5 Å². The second-order valence-electron chi connectivity index (χ2n) is 6.78. The largest absolute Gasteiger partial charge is 0.454 e. The fourth-order valence-corrected chi connectivity index (χ4v) is 3.03. The number of carbonyl (C=O) groups is 2. The normalized spacial score (nSPS) is 20.0. The molecule has 0 saturated carbocycles. The van der Waals surface area contributed by atoms with Crippen LogP contribution in [0.2, 0.25) is 0 Å². The molecule has 2 atom stereocenters. The molecule has 7 nitrogen and oxygen atoms in total. The second kappa shape index (κ2) is 7.31. The highest BCUT2D eigenvalue weighted by Crippen LogP contribution is 2.33. The first-order valence-corrected chi connectivity index (χ1v) is 8.62. The van der Waals surface area contributed by atoms with Crippen LogP contribution in [0.1, 0.15) is 30.1 Å². The highest BCUT2D eigenvalue weighted by atomic mass is 16.7. The van der Waals surface area contributed by atoms with Crippen molar-refractivity contribution in [3.8, 4) is 11.5 Å². The van der Waals surface area contributed by atoms with Crippen molar-refractivity contribution in [1.82, 2.24) is 15.1 Å². The van der Waals surface area contributed by atoms with Crippen LogP contribution in [0.4, 0.5) is 0 Å². The molecule has 0 spiro atoms. The topological polar surface area (TPSA) is 71.1 Å². The molecule has 136 valence electrons. The van der Waals surface area contributed by atoms with Crippen molar-refractivity contribution in [2.75, 3.05) is 34.0 Å². The number of amides is 2. The van der Waals surface area contributed by atoms with Gasteiger partial charge in [0.15, 0.2) is 11.5 Å². The molecule has 2 heterocycles. The Kier molecular flexibility index (Phi) is 5.13. The minimum atomic E-state index is -0.410. The van der Waals surface area contributed by atoms with E-state index in [1.807, 2.05) is 25.9 Å². The molecule has 2 aliphatic heterocycles. The lowest BCUT2D eigenvalue weighted by atomic mass is 10.1. The zero-order chi connectivity index (χ0) is 18.0. The van der Waals surface area contributed by atoms with Crippen molar-refractivity contribution in [3.05, 3.63) is 23.8 Å². The van der Waals surface area contributed by atoms with Gasteiger partial charge >= 0.3 is 0 Å². The van der Waals surface area contributed by atoms with Crippen LogP contribution < -0.4 is 14.8 Å². The van der Waals surface area contributed by atoms with Crippen LogP contribution in [-0.2, 0) is 4.79 Å². The molecule has 1 N–H and O–H groups in total. The summed E-state index contributed by atoms with van der Waals surface area (Å²) in [5.41, 5.74) is 0.519. The maximum absolute atomic E-state index is 12.8. The highest BCUT2D eigenvalue weighted by molar-refractivity contribution is 5.98. The zero-order valence-electron chi connectivity index (χ0n) is 14.9. The Hall–Kier alpha value is -2.28. The fourth-order valence-electron chi connectivity index (χ4n) is 3.03. The van der Waals surface area contributed by atoms with Crippen molar-refractivity contribution in [2.45, 2.75) is 31.8 Å². The first-order chi connectivity index (χ1) is 12.0. The smallest absolute Gasteiger partial charge is 0.254 e. The van der Waals surface area contributed by atoms with Gasteiger partial charge in [-0.3, -0.25) is 9.59 Å². The van der Waals surface area contributed by atoms with Gasteiger partial charge in [-0.25, -0.2) is 0 Å². The highest BCUT2D eigenvalue weighted by Gasteiger charge is 2.35. The number of nitrogens with one attached hydrogen (secondary N) is 1. The minimum Gasteiger partial charge on any atom is -0.454 e. The van der Waals surface area contributed by atoms with Crippen LogP contribution >= 0.6 is 0 Å². The molecule has 2 amide bonds. The number of benzene rings is 1. The van der Waals surface area contributed by atoms with Crippen LogP contribution in [0.3, 0.4) is 0 Å². The summed E-state index contributed by atoms with van der Waals surface area (Å²) >= 11 is 0. The number of likely N-dealkylation sites (tertiary alicyclic amines) is 1. The Bertz CT molecular complexity index is 662. The van der Waals surface area contributed by atoms with E-state index in [0.717, 1.165) is 6.42 Å². The van der Waals surface area contributed by atoms with Crippen molar-refractivity contribution in [2.24, 2.45) is 0 Å². The summed E-state index contributed by atoms with van der Waals surface area (Å²) in [6, 6.07) is 4.97. The predicted octanol–water partition coefficient (Wildman–Crippen LogP) is 1.09. The Balaban J connectivity index is 1.66. The van der Waals surface area contributed by atoms with Crippen LogP contribution in [0, 0.1) is 0 Å². The second-order valence-corrected chi connectivity index (χ2v) is 6.78. The number of nitrogens with zero attached hydrogens (tertiary/aromatic N) is 2. The van der Waals surface area contributed by atoms with E-state index >= 15 is 0 Å². The number of likely N-dealkylation sites (N-methyl/N-ethyl adjacent to an activating group) is 1. The molecule has 25 heavy (non-hydrogen) atoms. The molecule has 7 heteroatoms. The lowest BCUT2D eigenvalue weighted by Crippen LogP contribution is -2.48. The van der Waals surface area contributed by atoms with E-state index in [0.29, 0.717) is 36.6 Å². The predicted molar refractivity (Wildman–Crippen MR) is 92.8 cm³/mol. The van der Waals surface area contributed by atoms with Crippen LogP contribution in [0.15, 0.2) is 18.2 Å². The molecule has 0 bridgehead atoms. The number of rotatable bonds is 5. The zero-order valence-corrected chi connectivity index (χ0v) is 14.9. The van der Waals surface area contributed by atoms with Crippen molar-refractivity contribution < 1.29 is 19.1 Å². The fraction of sp³-hybridized carbons (Fsp3) is 0.556. The minimum absolute atomic E-state index is 0.0831. The molecule has 0 aromatic heterocycles. The van der Waals surface area contributed by atoms with Crippen molar-refractivity contribution in [3.63, 3.8) is 0 Å². The SMILES string of the molecule is C[C@@H](CNC(=O)[C@@H]1CCCN1C(=O)c1ccc2c(c1)OCO2)N(C)C. The van der Waals surface area contributed by atoms with Gasteiger partial charge in [-0.1, -0.05) is 0 Å². The van der Waals surface area contributed by atoms with Gasteiger partial charge in [0.1, 0.15) is 6.04 Å². The first kappa shape index (κ1) is 17.5. The number of hydrogen-bond donors (Lipinski definition) is 1. The third kappa shape index (κ3) is 3.71. The van der Waals surface area contributed by atoms with E-state index in [-0.39, 0.29) is 24.6 Å². The number of carbonyl (C=O) groups excluding carboxylic acids is 2. The summed E-state index contributed by atoms with van der Waals surface area (Å²) in [4.78, 5) is 29.1. The van der Waals surface area contributed by atoms with Gasteiger partial charge in [-0.2, -0.15) is 0 Å². The monoisotopic (exact) mass is 347 g/mol. The average Bonchev–Trinajstić information content (AvgIpc) is 3.26. The van der Waals surface area contributed by atoms with E-state index in [9.17, 15) is 9.59 Å². The molecule has 3 rings (SSSR count). The third-order valence-electron chi connectivity index (χ3n) is 4.89. The number of hydrogen-bond acceptors (Lipinski definition) is 5. The van der Waals surface area contributed by atoms with E-state index < -0.39 is 6.04 Å². The van der Waals surface area contributed by atoms with Crippen molar-refractivity contribution >= 4 is 11.8 Å². The quantitative estimate of drug-likeness (QED) is 0.863. The summed E-state index contributed by atoms with van der Waals surface area (Å²) in [5, 5.41) is 2.96. The maximum Gasteiger partial charge on any atom is 0.254 e.